The van der Waals surface area contributed by atoms with E-state index < -0.39 is 0 Å². The fourth-order valence-electron chi connectivity index (χ4n) is 4.00. The van der Waals surface area contributed by atoms with E-state index in [9.17, 15) is 4.79 Å². The monoisotopic (exact) mass is 566 g/mol. The van der Waals surface area contributed by atoms with Crippen molar-refractivity contribution in [2.75, 3.05) is 41.4 Å². The number of ether oxygens (including phenoxy) is 2. The first-order valence-electron chi connectivity index (χ1n) is 11.0. The topological polar surface area (TPSA) is 66.4 Å². The van der Waals surface area contributed by atoms with Crippen LogP contribution in [0.4, 0.5) is 0 Å². The maximum Gasteiger partial charge on any atom is 0.222 e. The molecule has 0 atom stereocenters. The van der Waals surface area contributed by atoms with Gasteiger partial charge in [-0.25, -0.2) is 0 Å². The number of hydrogen-bond donors (Lipinski definition) is 1. The Kier molecular flexibility index (Phi) is 10.8. The number of nitrogens with one attached hydrogen (secondary N) is 1. The van der Waals surface area contributed by atoms with Crippen LogP contribution < -0.4 is 14.8 Å². The quantitative estimate of drug-likeness (QED) is 0.229. The summed E-state index contributed by atoms with van der Waals surface area (Å²) in [5.74, 6) is 2.54. The average molecular weight is 566 g/mol. The van der Waals surface area contributed by atoms with E-state index in [1.165, 1.54) is 11.1 Å². The van der Waals surface area contributed by atoms with Crippen LogP contribution in [0.15, 0.2) is 47.5 Å². The Morgan fingerprint density at radius 2 is 1.91 bits per heavy atom. The van der Waals surface area contributed by atoms with Crippen LogP contribution in [0.2, 0.25) is 0 Å². The largest absolute Gasteiger partial charge is 0.497 e. The van der Waals surface area contributed by atoms with Gasteiger partial charge in [-0.2, -0.15) is 0 Å². The van der Waals surface area contributed by atoms with Gasteiger partial charge < -0.3 is 24.6 Å². The molecule has 1 heterocycles. The third-order valence-corrected chi connectivity index (χ3v) is 5.81. The zero-order valence-corrected chi connectivity index (χ0v) is 22.3. The summed E-state index contributed by atoms with van der Waals surface area (Å²) in [6.45, 7) is 2.85. The van der Waals surface area contributed by atoms with Gasteiger partial charge in [0, 0.05) is 58.3 Å². The van der Waals surface area contributed by atoms with Crippen molar-refractivity contribution in [3.8, 4) is 11.5 Å². The van der Waals surface area contributed by atoms with Crippen LogP contribution in [0.3, 0.4) is 0 Å². The Bertz CT molecular complexity index is 951. The molecule has 0 aromatic heterocycles. The van der Waals surface area contributed by atoms with Gasteiger partial charge in [0.15, 0.2) is 5.96 Å². The normalized spacial score (nSPS) is 13.0. The number of rotatable bonds is 8. The smallest absolute Gasteiger partial charge is 0.222 e. The molecule has 33 heavy (non-hydrogen) atoms. The van der Waals surface area contributed by atoms with Crippen LogP contribution in [0, 0.1) is 0 Å². The third-order valence-electron chi connectivity index (χ3n) is 5.81. The lowest BCUT2D eigenvalue weighted by atomic mass is 9.99. The molecule has 3 rings (SSSR count). The number of halogens is 1. The number of aliphatic imine (C=N–C) groups is 1. The lowest BCUT2D eigenvalue weighted by Crippen LogP contribution is -2.39. The summed E-state index contributed by atoms with van der Waals surface area (Å²) in [5, 5.41) is 3.36. The van der Waals surface area contributed by atoms with Crippen molar-refractivity contribution in [3.63, 3.8) is 0 Å². The number of benzene rings is 2. The Morgan fingerprint density at radius 1 is 1.15 bits per heavy atom. The molecule has 1 amide bonds. The van der Waals surface area contributed by atoms with Crippen molar-refractivity contribution in [1.29, 1.82) is 0 Å². The molecule has 0 bridgehead atoms. The molecular weight excluding hydrogens is 531 g/mol. The lowest BCUT2D eigenvalue weighted by Gasteiger charge is -2.29. The van der Waals surface area contributed by atoms with Gasteiger partial charge in [0.2, 0.25) is 5.91 Å². The Hall–Kier alpha value is -2.49. The number of carbonyl (C=O) groups is 1. The standard InChI is InChI=1S/C25H34N4O3.HI/c1-26-25(28(2)17-21-11-12-22(31-3)16-23(21)32-4)27-14-7-10-24(30)29-15-13-19-8-5-6-9-20(19)18-29;/h5-6,8-9,11-12,16H,7,10,13-15,17-18H2,1-4H3,(H,26,27);1H. The summed E-state index contributed by atoms with van der Waals surface area (Å²) in [6, 6.07) is 14.2. The van der Waals surface area contributed by atoms with Crippen LogP contribution in [0.25, 0.3) is 0 Å². The number of methoxy groups -OCH3 is 2. The molecule has 2 aromatic rings. The zero-order chi connectivity index (χ0) is 22.9. The molecule has 0 saturated carbocycles. The summed E-state index contributed by atoms with van der Waals surface area (Å²) in [4.78, 5) is 21.0. The highest BCUT2D eigenvalue weighted by Gasteiger charge is 2.20. The van der Waals surface area contributed by atoms with Crippen LogP contribution in [0.5, 0.6) is 11.5 Å². The summed E-state index contributed by atoms with van der Waals surface area (Å²) in [7, 11) is 7.04. The van der Waals surface area contributed by atoms with Crippen molar-refractivity contribution < 1.29 is 14.3 Å². The number of carbonyl (C=O) groups excluding carboxylic acids is 1. The lowest BCUT2D eigenvalue weighted by molar-refractivity contribution is -0.132. The Balaban J connectivity index is 0.00000385. The molecule has 0 fully saturated rings. The number of amides is 1. The second-order valence-electron chi connectivity index (χ2n) is 7.95. The van der Waals surface area contributed by atoms with Crippen LogP contribution in [-0.2, 0) is 24.3 Å². The molecule has 2 aromatic carbocycles. The van der Waals surface area contributed by atoms with Crippen LogP contribution >= 0.6 is 24.0 Å². The Morgan fingerprint density at radius 3 is 2.61 bits per heavy atom. The molecule has 8 heteroatoms. The molecule has 0 unspecified atom stereocenters. The number of hydrogen-bond acceptors (Lipinski definition) is 4. The van der Waals surface area contributed by atoms with E-state index in [-0.39, 0.29) is 29.9 Å². The summed E-state index contributed by atoms with van der Waals surface area (Å²) >= 11 is 0. The fourth-order valence-corrected chi connectivity index (χ4v) is 4.00. The van der Waals surface area contributed by atoms with E-state index in [0.29, 0.717) is 19.5 Å². The first kappa shape index (κ1) is 26.8. The minimum absolute atomic E-state index is 0. The molecule has 1 aliphatic heterocycles. The second kappa shape index (κ2) is 13.3. The highest BCUT2D eigenvalue weighted by Crippen LogP contribution is 2.25. The van der Waals surface area contributed by atoms with Crippen molar-refractivity contribution in [3.05, 3.63) is 59.2 Å². The van der Waals surface area contributed by atoms with E-state index in [0.717, 1.165) is 49.0 Å². The first-order chi connectivity index (χ1) is 15.5. The van der Waals surface area contributed by atoms with Gasteiger partial charge in [-0.1, -0.05) is 24.3 Å². The van der Waals surface area contributed by atoms with Crippen molar-refractivity contribution in [2.24, 2.45) is 4.99 Å². The van der Waals surface area contributed by atoms with Gasteiger partial charge in [-0.05, 0) is 36.1 Å². The minimum atomic E-state index is 0. The van der Waals surface area contributed by atoms with E-state index in [1.54, 1.807) is 21.3 Å². The van der Waals surface area contributed by atoms with Crippen LogP contribution in [-0.4, -0.2) is 63.1 Å². The SMILES string of the molecule is CN=C(NCCCC(=O)N1CCc2ccccc2C1)N(C)Cc1ccc(OC)cc1OC.I. The van der Waals surface area contributed by atoms with Gasteiger partial charge in [-0.15, -0.1) is 24.0 Å². The fraction of sp³-hybridized carbons (Fsp3) is 0.440. The van der Waals surface area contributed by atoms with Gasteiger partial charge >= 0.3 is 0 Å². The van der Waals surface area contributed by atoms with Crippen molar-refractivity contribution in [2.45, 2.75) is 32.4 Å². The molecule has 0 radical (unpaired) electrons. The highest BCUT2D eigenvalue weighted by atomic mass is 127. The number of nitrogens with zero attached hydrogens (tertiary/aromatic N) is 3. The highest BCUT2D eigenvalue weighted by molar-refractivity contribution is 14.0. The summed E-state index contributed by atoms with van der Waals surface area (Å²) in [5.41, 5.74) is 3.67. The van der Waals surface area contributed by atoms with E-state index in [4.69, 9.17) is 9.47 Å². The molecule has 0 saturated heterocycles. The van der Waals surface area contributed by atoms with Crippen molar-refractivity contribution in [1.82, 2.24) is 15.1 Å². The molecule has 1 N–H and O–H groups in total. The predicted molar refractivity (Wildman–Crippen MR) is 143 cm³/mol. The molecular formula is C25H35IN4O3. The maximum atomic E-state index is 12.7. The van der Waals surface area contributed by atoms with E-state index in [1.807, 2.05) is 41.1 Å². The molecule has 0 aliphatic carbocycles. The molecule has 7 nitrogen and oxygen atoms in total. The zero-order valence-electron chi connectivity index (χ0n) is 20.0. The summed E-state index contributed by atoms with van der Waals surface area (Å²) in [6.07, 6.45) is 2.23. The van der Waals surface area contributed by atoms with Crippen molar-refractivity contribution >= 4 is 35.8 Å². The maximum absolute atomic E-state index is 12.7. The third kappa shape index (κ3) is 7.25. The minimum Gasteiger partial charge on any atom is -0.497 e. The van der Waals surface area contributed by atoms with E-state index >= 15 is 0 Å². The van der Waals surface area contributed by atoms with Gasteiger partial charge in [0.05, 0.1) is 14.2 Å². The molecule has 0 spiro atoms. The molecule has 180 valence electrons. The van der Waals surface area contributed by atoms with Gasteiger partial charge in [0.1, 0.15) is 11.5 Å². The number of guanidine groups is 1. The van der Waals surface area contributed by atoms with Crippen LogP contribution in [0.1, 0.15) is 29.5 Å². The van der Waals surface area contributed by atoms with Gasteiger partial charge in [-0.3, -0.25) is 9.79 Å². The Labute approximate surface area is 214 Å². The predicted octanol–water partition coefficient (Wildman–Crippen LogP) is 3.69. The average Bonchev–Trinajstić information content (AvgIpc) is 2.83. The second-order valence-corrected chi connectivity index (χ2v) is 7.95. The number of fused-ring (bicyclic) bond motifs is 1. The molecule has 1 aliphatic rings. The summed E-state index contributed by atoms with van der Waals surface area (Å²) < 4.78 is 10.8. The van der Waals surface area contributed by atoms with Gasteiger partial charge in [0.25, 0.3) is 0 Å². The first-order valence-corrected chi connectivity index (χ1v) is 11.0. The van der Waals surface area contributed by atoms with E-state index in [2.05, 4.69) is 28.5 Å².